The topological polar surface area (TPSA) is 60.2 Å². The van der Waals surface area contributed by atoms with Crippen molar-refractivity contribution in [1.82, 2.24) is 15.6 Å². The molecule has 1 aliphatic rings. The fourth-order valence-corrected chi connectivity index (χ4v) is 1.64. The fourth-order valence-electron chi connectivity index (χ4n) is 1.64. The van der Waals surface area contributed by atoms with E-state index in [0.717, 1.165) is 24.4 Å². The summed E-state index contributed by atoms with van der Waals surface area (Å²) in [7, 11) is 0. The van der Waals surface area contributed by atoms with Gasteiger partial charge in [-0.15, -0.1) is 0 Å². The largest absolute Gasteiger partial charge is 0.377 e. The van der Waals surface area contributed by atoms with Crippen LogP contribution in [-0.2, 0) is 11.3 Å². The molecule has 0 aromatic carbocycles. The smallest absolute Gasteiger partial charge is 0.121 e. The lowest BCUT2D eigenvalue weighted by molar-refractivity contribution is 0.113. The van der Waals surface area contributed by atoms with Gasteiger partial charge in [0.05, 0.1) is 6.10 Å². The molecule has 78 valence electrons. The van der Waals surface area contributed by atoms with Crippen molar-refractivity contribution in [3.63, 3.8) is 0 Å². The molecule has 0 aliphatic carbocycles. The van der Waals surface area contributed by atoms with E-state index in [1.165, 1.54) is 0 Å². The summed E-state index contributed by atoms with van der Waals surface area (Å²) in [6.07, 6.45) is 1.35. The van der Waals surface area contributed by atoms with Crippen molar-refractivity contribution in [3.8, 4) is 0 Å². The Morgan fingerprint density at radius 2 is 2.36 bits per heavy atom. The summed E-state index contributed by atoms with van der Waals surface area (Å²) in [6.45, 7) is 5.52. The van der Waals surface area contributed by atoms with Crippen LogP contribution >= 0.6 is 0 Å². The summed E-state index contributed by atoms with van der Waals surface area (Å²) in [6, 6.07) is 0.422. The average Bonchev–Trinajstić information content (AvgIpc) is 2.72. The summed E-state index contributed by atoms with van der Waals surface area (Å²) in [4.78, 5) is 0. The molecule has 2 unspecified atom stereocenters. The van der Waals surface area contributed by atoms with Crippen LogP contribution in [0.25, 0.3) is 0 Å². The monoisotopic (exact) mass is 197 g/mol. The molecular formula is C9H15N3O2. The zero-order valence-electron chi connectivity index (χ0n) is 8.49. The van der Waals surface area contributed by atoms with Gasteiger partial charge in [-0.25, -0.2) is 4.63 Å². The molecular weight excluding hydrogens is 182 g/mol. The third-order valence-electron chi connectivity index (χ3n) is 2.65. The minimum absolute atomic E-state index is 0.287. The molecule has 5 nitrogen and oxygen atoms in total. The van der Waals surface area contributed by atoms with Crippen molar-refractivity contribution in [2.75, 3.05) is 6.61 Å². The summed E-state index contributed by atoms with van der Waals surface area (Å²) < 4.78 is 10.1. The molecule has 2 heterocycles. The van der Waals surface area contributed by atoms with Gasteiger partial charge in [0.15, 0.2) is 0 Å². The van der Waals surface area contributed by atoms with E-state index >= 15 is 0 Å². The molecule has 5 heteroatoms. The number of rotatable bonds is 3. The summed E-state index contributed by atoms with van der Waals surface area (Å²) >= 11 is 0. The molecule has 1 aliphatic heterocycles. The van der Waals surface area contributed by atoms with E-state index in [4.69, 9.17) is 4.74 Å². The van der Waals surface area contributed by atoms with E-state index in [-0.39, 0.29) is 6.10 Å². The predicted octanol–water partition coefficient (Wildman–Crippen LogP) is 0.645. The predicted molar refractivity (Wildman–Crippen MR) is 49.7 cm³/mol. The average molecular weight is 197 g/mol. The van der Waals surface area contributed by atoms with Gasteiger partial charge in [0.2, 0.25) is 0 Å². The van der Waals surface area contributed by atoms with Gasteiger partial charge in [-0.3, -0.25) is 0 Å². The molecule has 14 heavy (non-hydrogen) atoms. The van der Waals surface area contributed by atoms with Crippen LogP contribution in [-0.4, -0.2) is 29.1 Å². The quantitative estimate of drug-likeness (QED) is 0.770. The normalized spacial score (nSPS) is 27.0. The molecule has 0 saturated carbocycles. The highest BCUT2D eigenvalue weighted by molar-refractivity contribution is 5.04. The molecule has 1 aromatic heterocycles. The Bertz CT molecular complexity index is 300. The molecule has 0 amide bonds. The fraction of sp³-hybridized carbons (Fsp3) is 0.778. The van der Waals surface area contributed by atoms with Crippen LogP contribution in [0.5, 0.6) is 0 Å². The molecule has 0 radical (unpaired) electrons. The Balaban J connectivity index is 1.85. The van der Waals surface area contributed by atoms with Crippen molar-refractivity contribution in [1.29, 1.82) is 0 Å². The number of hydrogen-bond donors (Lipinski definition) is 1. The highest BCUT2D eigenvalue weighted by atomic mass is 16.6. The number of aryl methyl sites for hydroxylation is 1. The SMILES string of the molecule is Cc1nonc1CNC1CCOC1C. The highest BCUT2D eigenvalue weighted by Gasteiger charge is 2.23. The first-order chi connectivity index (χ1) is 6.77. The van der Waals surface area contributed by atoms with Gasteiger partial charge < -0.3 is 10.1 Å². The number of nitrogens with one attached hydrogen (secondary N) is 1. The highest BCUT2D eigenvalue weighted by Crippen LogP contribution is 2.13. The maximum atomic E-state index is 5.44. The lowest BCUT2D eigenvalue weighted by Gasteiger charge is -2.14. The van der Waals surface area contributed by atoms with Crippen LogP contribution in [0.2, 0.25) is 0 Å². The molecule has 0 spiro atoms. The molecule has 1 aromatic rings. The second-order valence-corrected chi connectivity index (χ2v) is 3.65. The van der Waals surface area contributed by atoms with Crippen LogP contribution in [0.4, 0.5) is 0 Å². The molecule has 2 atom stereocenters. The summed E-state index contributed by atoms with van der Waals surface area (Å²) in [5.74, 6) is 0. The van der Waals surface area contributed by atoms with Gasteiger partial charge in [-0.1, -0.05) is 10.3 Å². The Hall–Kier alpha value is -0.940. The Morgan fingerprint density at radius 3 is 2.93 bits per heavy atom. The van der Waals surface area contributed by atoms with Gasteiger partial charge >= 0.3 is 0 Å². The first kappa shape index (κ1) is 9.61. The minimum Gasteiger partial charge on any atom is -0.377 e. The number of aromatic nitrogens is 2. The molecule has 1 fully saturated rings. The van der Waals surface area contributed by atoms with Crippen molar-refractivity contribution in [2.24, 2.45) is 0 Å². The lowest BCUT2D eigenvalue weighted by Crippen LogP contribution is -2.34. The molecule has 1 N–H and O–H groups in total. The van der Waals surface area contributed by atoms with Gasteiger partial charge in [0.1, 0.15) is 11.4 Å². The Kier molecular flexibility index (Phi) is 2.79. The molecule has 1 saturated heterocycles. The van der Waals surface area contributed by atoms with Gasteiger partial charge in [0.25, 0.3) is 0 Å². The zero-order chi connectivity index (χ0) is 9.97. The maximum Gasteiger partial charge on any atom is 0.121 e. The van der Waals surface area contributed by atoms with E-state index in [2.05, 4.69) is 27.2 Å². The Morgan fingerprint density at radius 1 is 1.50 bits per heavy atom. The summed E-state index contributed by atoms with van der Waals surface area (Å²) in [5.41, 5.74) is 1.73. The first-order valence-corrected chi connectivity index (χ1v) is 4.90. The summed E-state index contributed by atoms with van der Waals surface area (Å²) in [5, 5.41) is 10.9. The maximum absolute atomic E-state index is 5.44. The van der Waals surface area contributed by atoms with Crippen molar-refractivity contribution < 1.29 is 9.37 Å². The van der Waals surface area contributed by atoms with Crippen molar-refractivity contribution >= 4 is 0 Å². The number of hydrogen-bond acceptors (Lipinski definition) is 5. The van der Waals surface area contributed by atoms with Crippen LogP contribution in [0.1, 0.15) is 24.7 Å². The van der Waals surface area contributed by atoms with Crippen molar-refractivity contribution in [2.45, 2.75) is 39.0 Å². The van der Waals surface area contributed by atoms with Crippen LogP contribution in [0.3, 0.4) is 0 Å². The van der Waals surface area contributed by atoms with Crippen molar-refractivity contribution in [3.05, 3.63) is 11.4 Å². The van der Waals surface area contributed by atoms with E-state index in [0.29, 0.717) is 12.6 Å². The standard InChI is InChI=1S/C9H15N3O2/c1-6-9(12-14-11-6)5-10-8-3-4-13-7(8)2/h7-8,10H,3-5H2,1-2H3. The first-order valence-electron chi connectivity index (χ1n) is 4.90. The second-order valence-electron chi connectivity index (χ2n) is 3.65. The minimum atomic E-state index is 0.287. The van der Waals surface area contributed by atoms with Crippen LogP contribution in [0.15, 0.2) is 4.63 Å². The zero-order valence-corrected chi connectivity index (χ0v) is 8.49. The van der Waals surface area contributed by atoms with Crippen LogP contribution in [0, 0.1) is 6.92 Å². The third kappa shape index (κ3) is 1.93. The van der Waals surface area contributed by atoms with Gasteiger partial charge in [-0.05, 0) is 20.3 Å². The second kappa shape index (κ2) is 4.06. The van der Waals surface area contributed by atoms with E-state index in [1.807, 2.05) is 6.92 Å². The van der Waals surface area contributed by atoms with Gasteiger partial charge in [-0.2, -0.15) is 0 Å². The molecule has 2 rings (SSSR count). The van der Waals surface area contributed by atoms with Crippen LogP contribution < -0.4 is 5.32 Å². The molecule has 0 bridgehead atoms. The lowest BCUT2D eigenvalue weighted by atomic mass is 10.1. The van der Waals surface area contributed by atoms with Gasteiger partial charge in [0, 0.05) is 19.2 Å². The third-order valence-corrected chi connectivity index (χ3v) is 2.65. The number of ether oxygens (including phenoxy) is 1. The Labute approximate surface area is 82.8 Å². The number of nitrogens with zero attached hydrogens (tertiary/aromatic N) is 2. The van der Waals surface area contributed by atoms with E-state index in [1.54, 1.807) is 0 Å². The van der Waals surface area contributed by atoms with E-state index < -0.39 is 0 Å². The van der Waals surface area contributed by atoms with E-state index in [9.17, 15) is 0 Å².